The Hall–Kier alpha value is -1.91. The van der Waals surface area contributed by atoms with Crippen molar-refractivity contribution in [1.29, 1.82) is 0 Å². The molecular formula is C14H16N2O3. The standard InChI is InChI=1S/C14H16N2O3/c1-8-9(2)19-12(15-8)7-16-13(17)10-5-3-4-6-11(10)14(16)18/h3-4,10-11H,5-7H2,1-2H3/t10-,11-/m0/s1. The molecule has 0 bridgehead atoms. The summed E-state index contributed by atoms with van der Waals surface area (Å²) in [7, 11) is 0. The zero-order valence-corrected chi connectivity index (χ0v) is 11.0. The molecule has 2 atom stereocenters. The normalized spacial score (nSPS) is 26.1. The number of fused-ring (bicyclic) bond motifs is 1. The van der Waals surface area contributed by atoms with E-state index in [9.17, 15) is 9.59 Å². The maximum atomic E-state index is 12.2. The molecule has 0 saturated carbocycles. The molecule has 1 aromatic heterocycles. The number of amides is 2. The third-order valence-electron chi connectivity index (χ3n) is 3.97. The van der Waals surface area contributed by atoms with Gasteiger partial charge in [-0.05, 0) is 26.7 Å². The summed E-state index contributed by atoms with van der Waals surface area (Å²) >= 11 is 0. The van der Waals surface area contributed by atoms with Crippen molar-refractivity contribution in [3.8, 4) is 0 Å². The number of oxazole rings is 1. The molecular weight excluding hydrogens is 244 g/mol. The van der Waals surface area contributed by atoms with Gasteiger partial charge in [0, 0.05) is 0 Å². The molecule has 1 saturated heterocycles. The lowest BCUT2D eigenvalue weighted by molar-refractivity contribution is -0.141. The molecule has 3 rings (SSSR count). The number of hydrogen-bond donors (Lipinski definition) is 0. The first-order chi connectivity index (χ1) is 9.08. The van der Waals surface area contributed by atoms with Crippen LogP contribution >= 0.6 is 0 Å². The van der Waals surface area contributed by atoms with Crippen molar-refractivity contribution in [2.75, 3.05) is 0 Å². The molecule has 0 radical (unpaired) electrons. The van der Waals surface area contributed by atoms with E-state index in [-0.39, 0.29) is 30.2 Å². The van der Waals surface area contributed by atoms with Crippen LogP contribution in [0, 0.1) is 25.7 Å². The second-order valence-electron chi connectivity index (χ2n) is 5.17. The fourth-order valence-electron chi connectivity index (χ4n) is 2.77. The molecule has 2 amide bonds. The summed E-state index contributed by atoms with van der Waals surface area (Å²) < 4.78 is 5.45. The summed E-state index contributed by atoms with van der Waals surface area (Å²) in [5.74, 6) is 0.613. The number of carbonyl (C=O) groups is 2. The Kier molecular flexibility index (Phi) is 2.77. The minimum atomic E-state index is -0.186. The van der Waals surface area contributed by atoms with Crippen LogP contribution in [0.25, 0.3) is 0 Å². The Morgan fingerprint density at radius 1 is 1.21 bits per heavy atom. The fraction of sp³-hybridized carbons (Fsp3) is 0.500. The minimum absolute atomic E-state index is 0.0899. The molecule has 1 aliphatic heterocycles. The third-order valence-corrected chi connectivity index (χ3v) is 3.97. The van der Waals surface area contributed by atoms with Gasteiger partial charge in [0.05, 0.1) is 17.5 Å². The first kappa shape index (κ1) is 12.1. The van der Waals surface area contributed by atoms with Crippen LogP contribution in [-0.4, -0.2) is 21.7 Å². The molecule has 100 valence electrons. The minimum Gasteiger partial charge on any atom is -0.444 e. The lowest BCUT2D eigenvalue weighted by atomic mass is 9.85. The van der Waals surface area contributed by atoms with Gasteiger partial charge in [0.25, 0.3) is 0 Å². The molecule has 5 heteroatoms. The average molecular weight is 260 g/mol. The van der Waals surface area contributed by atoms with E-state index >= 15 is 0 Å². The summed E-state index contributed by atoms with van der Waals surface area (Å²) in [6.07, 6.45) is 5.29. The van der Waals surface area contributed by atoms with E-state index in [1.807, 2.05) is 26.0 Å². The number of rotatable bonds is 2. The summed E-state index contributed by atoms with van der Waals surface area (Å²) in [5, 5.41) is 0. The first-order valence-electron chi connectivity index (χ1n) is 6.51. The van der Waals surface area contributed by atoms with Gasteiger partial charge in [-0.3, -0.25) is 14.5 Å². The van der Waals surface area contributed by atoms with Crippen molar-refractivity contribution in [3.63, 3.8) is 0 Å². The van der Waals surface area contributed by atoms with Crippen molar-refractivity contribution in [1.82, 2.24) is 9.88 Å². The Bertz CT molecular complexity index is 528. The van der Waals surface area contributed by atoms with E-state index in [1.54, 1.807) is 0 Å². The lowest BCUT2D eigenvalue weighted by Gasteiger charge is -2.14. The molecule has 1 fully saturated rings. The summed E-state index contributed by atoms with van der Waals surface area (Å²) in [4.78, 5) is 30.0. The van der Waals surface area contributed by atoms with Gasteiger partial charge >= 0.3 is 0 Å². The summed E-state index contributed by atoms with van der Waals surface area (Å²) in [6.45, 7) is 3.82. The van der Waals surface area contributed by atoms with Crippen molar-refractivity contribution in [3.05, 3.63) is 29.5 Å². The Morgan fingerprint density at radius 3 is 2.26 bits per heavy atom. The van der Waals surface area contributed by atoms with Crippen LogP contribution in [0.1, 0.15) is 30.2 Å². The number of aromatic nitrogens is 1. The van der Waals surface area contributed by atoms with Gasteiger partial charge in [0.2, 0.25) is 17.7 Å². The largest absolute Gasteiger partial charge is 0.444 e. The van der Waals surface area contributed by atoms with Crippen molar-refractivity contribution in [2.45, 2.75) is 33.2 Å². The van der Waals surface area contributed by atoms with Crippen LogP contribution < -0.4 is 0 Å². The van der Waals surface area contributed by atoms with E-state index in [1.165, 1.54) is 4.90 Å². The highest BCUT2D eigenvalue weighted by atomic mass is 16.4. The highest BCUT2D eigenvalue weighted by Gasteiger charge is 2.47. The number of likely N-dealkylation sites (tertiary alicyclic amines) is 1. The number of allylic oxidation sites excluding steroid dienone is 2. The summed E-state index contributed by atoms with van der Waals surface area (Å²) in [6, 6.07) is 0. The number of carbonyl (C=O) groups excluding carboxylic acids is 2. The molecule has 1 aromatic rings. The molecule has 0 unspecified atom stereocenters. The SMILES string of the molecule is Cc1nc(CN2C(=O)[C@H]3CC=CC[C@@H]3C2=O)oc1C. The van der Waals surface area contributed by atoms with Gasteiger partial charge in [-0.15, -0.1) is 0 Å². The highest BCUT2D eigenvalue weighted by Crippen LogP contribution is 2.35. The predicted octanol–water partition coefficient (Wildman–Crippen LogP) is 1.74. The Balaban J connectivity index is 1.82. The maximum absolute atomic E-state index is 12.2. The topological polar surface area (TPSA) is 63.4 Å². The van der Waals surface area contributed by atoms with E-state index in [0.717, 1.165) is 11.5 Å². The van der Waals surface area contributed by atoms with Crippen LogP contribution in [0.2, 0.25) is 0 Å². The summed E-state index contributed by atoms with van der Waals surface area (Å²) in [5.41, 5.74) is 0.799. The molecule has 0 N–H and O–H groups in total. The molecule has 2 aliphatic rings. The van der Waals surface area contributed by atoms with Crippen LogP contribution in [0.15, 0.2) is 16.6 Å². The second kappa shape index (κ2) is 4.33. The van der Waals surface area contributed by atoms with Crippen molar-refractivity contribution in [2.24, 2.45) is 11.8 Å². The van der Waals surface area contributed by atoms with Gasteiger partial charge in [-0.1, -0.05) is 12.2 Å². The van der Waals surface area contributed by atoms with Crippen LogP contribution in [-0.2, 0) is 16.1 Å². The number of nitrogens with zero attached hydrogens (tertiary/aromatic N) is 2. The Labute approximate surface area is 111 Å². The zero-order chi connectivity index (χ0) is 13.6. The zero-order valence-electron chi connectivity index (χ0n) is 11.0. The maximum Gasteiger partial charge on any atom is 0.233 e. The monoisotopic (exact) mass is 260 g/mol. The first-order valence-corrected chi connectivity index (χ1v) is 6.51. The quantitative estimate of drug-likeness (QED) is 0.600. The van der Waals surface area contributed by atoms with Crippen molar-refractivity contribution >= 4 is 11.8 Å². The van der Waals surface area contributed by atoms with Gasteiger partial charge in [0.1, 0.15) is 12.3 Å². The molecule has 19 heavy (non-hydrogen) atoms. The predicted molar refractivity (Wildman–Crippen MR) is 66.9 cm³/mol. The van der Waals surface area contributed by atoms with Gasteiger partial charge in [-0.25, -0.2) is 4.98 Å². The highest BCUT2D eigenvalue weighted by molar-refractivity contribution is 6.05. The number of imide groups is 1. The van der Waals surface area contributed by atoms with E-state index in [2.05, 4.69) is 4.98 Å². The molecule has 2 heterocycles. The molecule has 0 spiro atoms. The second-order valence-corrected chi connectivity index (χ2v) is 5.17. The van der Waals surface area contributed by atoms with Crippen LogP contribution in [0.5, 0.6) is 0 Å². The van der Waals surface area contributed by atoms with Crippen molar-refractivity contribution < 1.29 is 14.0 Å². The van der Waals surface area contributed by atoms with E-state index in [4.69, 9.17) is 4.42 Å². The van der Waals surface area contributed by atoms with Gasteiger partial charge in [0.15, 0.2) is 0 Å². The lowest BCUT2D eigenvalue weighted by Crippen LogP contribution is -2.30. The third kappa shape index (κ3) is 1.89. The van der Waals surface area contributed by atoms with Gasteiger partial charge in [-0.2, -0.15) is 0 Å². The number of aryl methyl sites for hydroxylation is 2. The van der Waals surface area contributed by atoms with Crippen LogP contribution in [0.4, 0.5) is 0 Å². The Morgan fingerprint density at radius 2 is 1.79 bits per heavy atom. The van der Waals surface area contributed by atoms with E-state index in [0.29, 0.717) is 18.7 Å². The molecule has 1 aliphatic carbocycles. The molecule has 0 aromatic carbocycles. The molecule has 5 nitrogen and oxygen atoms in total. The average Bonchev–Trinajstić information content (AvgIpc) is 2.84. The number of hydrogen-bond acceptors (Lipinski definition) is 4. The van der Waals surface area contributed by atoms with E-state index < -0.39 is 0 Å². The smallest absolute Gasteiger partial charge is 0.233 e. The fourth-order valence-corrected chi connectivity index (χ4v) is 2.77. The van der Waals surface area contributed by atoms with Crippen LogP contribution in [0.3, 0.4) is 0 Å². The van der Waals surface area contributed by atoms with Gasteiger partial charge < -0.3 is 4.42 Å².